The van der Waals surface area contributed by atoms with Gasteiger partial charge in [0.1, 0.15) is 0 Å². The van der Waals surface area contributed by atoms with Crippen LogP contribution in [0.3, 0.4) is 0 Å². The maximum atomic E-state index is 10.2. The quantitative estimate of drug-likeness (QED) is 0.534. The van der Waals surface area contributed by atoms with Crippen molar-refractivity contribution < 1.29 is 9.90 Å². The fraction of sp³-hybridized carbons (Fsp3) is 0.900. The smallest absolute Gasteiger partial charge is 0.235 e. The Kier molecular flexibility index (Phi) is 2.60. The van der Waals surface area contributed by atoms with Gasteiger partial charge in [-0.15, -0.1) is 0 Å². The van der Waals surface area contributed by atoms with Crippen molar-refractivity contribution in [3.8, 4) is 0 Å². The summed E-state index contributed by atoms with van der Waals surface area (Å²) in [5.74, 6) is 0.494. The molecule has 1 fully saturated rings. The Bertz CT molecular complexity index is 226. The normalized spacial score (nSPS) is 38.2. The molecule has 0 aromatic rings. The summed E-state index contributed by atoms with van der Waals surface area (Å²) < 4.78 is 0. The molecule has 0 saturated heterocycles. The lowest BCUT2D eigenvalue weighted by atomic mass is 9.63. The van der Waals surface area contributed by atoms with E-state index in [2.05, 4.69) is 18.8 Å². The molecule has 1 saturated carbocycles. The number of carbonyl (C=O) groups excluding carboxylic acids is 1. The minimum Gasteiger partial charge on any atom is -0.390 e. The van der Waals surface area contributed by atoms with Crippen LogP contribution < -0.4 is 0 Å². The van der Waals surface area contributed by atoms with Crippen molar-refractivity contribution >= 4 is 6.08 Å². The average Bonchev–Trinajstić information content (AvgIpc) is 1.80. The summed E-state index contributed by atoms with van der Waals surface area (Å²) >= 11 is 0. The van der Waals surface area contributed by atoms with Crippen molar-refractivity contribution in [1.29, 1.82) is 0 Å². The van der Waals surface area contributed by atoms with E-state index >= 15 is 0 Å². The molecule has 0 atom stereocenters. The summed E-state index contributed by atoms with van der Waals surface area (Å²) in [6.07, 6.45) is 3.66. The van der Waals surface area contributed by atoms with Gasteiger partial charge in [0.2, 0.25) is 6.08 Å². The van der Waals surface area contributed by atoms with E-state index in [-0.39, 0.29) is 5.54 Å². The van der Waals surface area contributed by atoms with Crippen LogP contribution >= 0.6 is 0 Å². The number of hydrogen-bond acceptors (Lipinski definition) is 3. The molecule has 0 amide bonds. The fourth-order valence-electron chi connectivity index (χ4n) is 2.49. The maximum Gasteiger partial charge on any atom is 0.235 e. The number of aliphatic imine (C=N–C) groups is 1. The van der Waals surface area contributed by atoms with Crippen molar-refractivity contribution in [3.63, 3.8) is 0 Å². The Balaban J connectivity index is 2.65. The zero-order valence-electron chi connectivity index (χ0n) is 8.50. The number of hydrogen-bond donors (Lipinski definition) is 1. The first kappa shape index (κ1) is 10.4. The van der Waals surface area contributed by atoms with Crippen LogP contribution in [0, 0.1) is 5.92 Å². The van der Waals surface area contributed by atoms with Gasteiger partial charge in [-0.1, -0.05) is 13.8 Å². The summed E-state index contributed by atoms with van der Waals surface area (Å²) in [5.41, 5.74) is -0.950. The third kappa shape index (κ3) is 2.39. The molecule has 0 bridgehead atoms. The largest absolute Gasteiger partial charge is 0.390 e. The second kappa shape index (κ2) is 3.24. The molecule has 13 heavy (non-hydrogen) atoms. The molecule has 3 heteroatoms. The number of rotatable bonds is 3. The molecular weight excluding hydrogens is 166 g/mol. The summed E-state index contributed by atoms with van der Waals surface area (Å²) in [5, 5.41) is 9.60. The zero-order chi connectivity index (χ0) is 10.1. The molecule has 0 radical (unpaired) electrons. The van der Waals surface area contributed by atoms with Gasteiger partial charge in [0.15, 0.2) is 0 Å². The van der Waals surface area contributed by atoms with Gasteiger partial charge in [-0.05, 0) is 19.3 Å². The number of aliphatic hydroxyl groups is 1. The monoisotopic (exact) mass is 183 g/mol. The second-order valence-corrected chi connectivity index (χ2v) is 4.88. The van der Waals surface area contributed by atoms with Gasteiger partial charge in [0.25, 0.3) is 0 Å². The van der Waals surface area contributed by atoms with E-state index in [0.717, 1.165) is 6.42 Å². The van der Waals surface area contributed by atoms with Crippen molar-refractivity contribution in [3.05, 3.63) is 0 Å². The molecule has 74 valence electrons. The lowest BCUT2D eigenvalue weighted by molar-refractivity contribution is -0.0760. The van der Waals surface area contributed by atoms with E-state index < -0.39 is 5.60 Å². The zero-order valence-corrected chi connectivity index (χ0v) is 8.50. The highest BCUT2D eigenvalue weighted by molar-refractivity contribution is 5.36. The molecule has 1 rings (SSSR count). The lowest BCUT2D eigenvalue weighted by Gasteiger charge is -2.49. The van der Waals surface area contributed by atoms with Gasteiger partial charge < -0.3 is 5.11 Å². The van der Waals surface area contributed by atoms with Gasteiger partial charge in [-0.25, -0.2) is 4.79 Å². The summed E-state index contributed by atoms with van der Waals surface area (Å²) in [6, 6.07) is 0. The molecule has 0 unspecified atom stereocenters. The molecule has 3 nitrogen and oxygen atoms in total. The predicted molar refractivity (Wildman–Crippen MR) is 50.2 cm³/mol. The van der Waals surface area contributed by atoms with Crippen LogP contribution in [-0.4, -0.2) is 22.3 Å². The molecule has 0 spiro atoms. The van der Waals surface area contributed by atoms with Crippen LogP contribution in [-0.2, 0) is 4.79 Å². The molecular formula is C10H17NO2. The first-order valence-electron chi connectivity index (χ1n) is 4.71. The highest BCUT2D eigenvalue weighted by Gasteiger charge is 2.51. The third-order valence-electron chi connectivity index (χ3n) is 2.49. The minimum absolute atomic E-state index is 0.320. The molecule has 1 aliphatic rings. The second-order valence-electron chi connectivity index (χ2n) is 4.88. The van der Waals surface area contributed by atoms with Crippen LogP contribution in [0.5, 0.6) is 0 Å². The minimum atomic E-state index is -0.630. The van der Waals surface area contributed by atoms with Gasteiger partial charge in [0.05, 0.1) is 11.1 Å². The third-order valence-corrected chi connectivity index (χ3v) is 2.49. The van der Waals surface area contributed by atoms with Crippen LogP contribution in [0.15, 0.2) is 4.99 Å². The van der Waals surface area contributed by atoms with Crippen molar-refractivity contribution in [2.45, 2.75) is 51.2 Å². The number of isocyanates is 1. The van der Waals surface area contributed by atoms with Crippen LogP contribution in [0.2, 0.25) is 0 Å². The molecule has 0 heterocycles. The van der Waals surface area contributed by atoms with E-state index in [1.807, 2.05) is 0 Å². The van der Waals surface area contributed by atoms with Crippen molar-refractivity contribution in [1.82, 2.24) is 0 Å². The lowest BCUT2D eigenvalue weighted by Crippen LogP contribution is -2.54. The van der Waals surface area contributed by atoms with Crippen molar-refractivity contribution in [2.24, 2.45) is 10.9 Å². The topological polar surface area (TPSA) is 49.7 Å². The van der Waals surface area contributed by atoms with E-state index in [0.29, 0.717) is 18.8 Å². The van der Waals surface area contributed by atoms with Gasteiger partial charge in [-0.3, -0.25) is 0 Å². The van der Waals surface area contributed by atoms with Gasteiger partial charge >= 0.3 is 0 Å². The first-order chi connectivity index (χ1) is 5.89. The first-order valence-corrected chi connectivity index (χ1v) is 4.71. The van der Waals surface area contributed by atoms with E-state index in [9.17, 15) is 9.90 Å². The molecule has 0 aliphatic heterocycles. The molecule has 1 aliphatic carbocycles. The fourth-order valence-corrected chi connectivity index (χ4v) is 2.49. The summed E-state index contributed by atoms with van der Waals surface area (Å²) in [6.45, 7) is 5.97. The average molecular weight is 183 g/mol. The Morgan fingerprint density at radius 2 is 2.08 bits per heavy atom. The number of nitrogens with zero attached hydrogens (tertiary/aromatic N) is 1. The van der Waals surface area contributed by atoms with Gasteiger partial charge in [-0.2, -0.15) is 4.99 Å². The van der Waals surface area contributed by atoms with Crippen LogP contribution in [0.4, 0.5) is 0 Å². The van der Waals surface area contributed by atoms with Gasteiger partial charge in [0, 0.05) is 12.8 Å². The molecule has 1 N–H and O–H groups in total. The summed E-state index contributed by atoms with van der Waals surface area (Å²) in [7, 11) is 0. The van der Waals surface area contributed by atoms with Crippen LogP contribution in [0.1, 0.15) is 40.0 Å². The predicted octanol–water partition coefficient (Wildman–Crippen LogP) is 1.65. The Hall–Kier alpha value is -0.660. The standard InChI is InChI=1S/C10H17NO2/c1-8(2)4-10(11-7-12)5-9(3,13)6-10/h8,13H,4-6H2,1-3H3. The van der Waals surface area contributed by atoms with E-state index in [1.165, 1.54) is 0 Å². The SMILES string of the molecule is CC(C)CC1(N=C=O)CC(C)(O)C1. The Labute approximate surface area is 78.9 Å². The Morgan fingerprint density at radius 3 is 2.38 bits per heavy atom. The van der Waals surface area contributed by atoms with E-state index in [4.69, 9.17) is 0 Å². The molecule has 0 aromatic heterocycles. The van der Waals surface area contributed by atoms with Crippen molar-refractivity contribution in [2.75, 3.05) is 0 Å². The van der Waals surface area contributed by atoms with Crippen LogP contribution in [0.25, 0.3) is 0 Å². The summed E-state index contributed by atoms with van der Waals surface area (Å²) in [4.78, 5) is 14.1. The highest BCUT2D eigenvalue weighted by Crippen LogP contribution is 2.47. The maximum absolute atomic E-state index is 10.2. The highest BCUT2D eigenvalue weighted by atomic mass is 16.3. The van der Waals surface area contributed by atoms with E-state index in [1.54, 1.807) is 13.0 Å². The molecule has 0 aromatic carbocycles. The Morgan fingerprint density at radius 1 is 1.54 bits per heavy atom.